The van der Waals surface area contributed by atoms with Gasteiger partial charge in [-0.3, -0.25) is 0 Å². The highest BCUT2D eigenvalue weighted by molar-refractivity contribution is 7.23. The van der Waals surface area contributed by atoms with Crippen LogP contribution in [0.4, 0.5) is 5.69 Å². The lowest BCUT2D eigenvalue weighted by Crippen LogP contribution is -2.29. The Morgan fingerprint density at radius 2 is 1.84 bits per heavy atom. The lowest BCUT2D eigenvalue weighted by molar-refractivity contribution is 0.427. The van der Waals surface area contributed by atoms with Gasteiger partial charge in [-0.05, 0) is 18.2 Å². The molecule has 2 aromatic rings. The maximum atomic E-state index is 9.03. The molecule has 2 rings (SSSR count). The highest BCUT2D eigenvalue weighted by atomic mass is 32.1. The lowest BCUT2D eigenvalue weighted by atomic mass is 9.90. The van der Waals surface area contributed by atoms with E-state index in [0.717, 1.165) is 11.3 Å². The van der Waals surface area contributed by atoms with E-state index in [1.807, 2.05) is 18.2 Å². The highest BCUT2D eigenvalue weighted by Crippen LogP contribution is 2.11. The third kappa shape index (κ3) is 3.33. The van der Waals surface area contributed by atoms with Crippen LogP contribution in [0.5, 0.6) is 0 Å². The first-order valence-corrected chi connectivity index (χ1v) is 6.30. The molecule has 1 aromatic carbocycles. The van der Waals surface area contributed by atoms with Crippen molar-refractivity contribution in [3.63, 3.8) is 0 Å². The Morgan fingerprint density at radius 1 is 1.16 bits per heavy atom. The first kappa shape index (κ1) is 13.6. The molecule has 0 aliphatic carbocycles. The van der Waals surface area contributed by atoms with Gasteiger partial charge in [0, 0.05) is 4.78 Å². The van der Waals surface area contributed by atoms with Crippen LogP contribution in [-0.2, 0) is 0 Å². The molecule has 0 fully saturated rings. The predicted octanol–water partition coefficient (Wildman–Crippen LogP) is -0.572. The van der Waals surface area contributed by atoms with Crippen molar-refractivity contribution in [2.45, 2.75) is 0 Å². The molecule has 0 bridgehead atoms. The molecule has 0 spiro atoms. The summed E-state index contributed by atoms with van der Waals surface area (Å²) in [5, 5.41) is 23.3. The number of hydrogen-bond donors (Lipinski definition) is 4. The van der Waals surface area contributed by atoms with E-state index in [-0.39, 0.29) is 5.84 Å². The van der Waals surface area contributed by atoms with Crippen molar-refractivity contribution in [3.8, 4) is 0 Å². The number of para-hydroxylation sites is 1. The van der Waals surface area contributed by atoms with E-state index in [4.69, 9.17) is 21.6 Å². The number of amidine groups is 1. The summed E-state index contributed by atoms with van der Waals surface area (Å²) < 4.78 is 0.399. The number of hydrazone groups is 1. The van der Waals surface area contributed by atoms with E-state index in [9.17, 15) is 0 Å². The molecule has 0 saturated heterocycles. The van der Waals surface area contributed by atoms with E-state index in [2.05, 4.69) is 5.10 Å². The molecule has 19 heavy (non-hydrogen) atoms. The van der Waals surface area contributed by atoms with Crippen molar-refractivity contribution in [3.05, 3.63) is 47.3 Å². The molecule has 8 heteroatoms. The summed E-state index contributed by atoms with van der Waals surface area (Å²) in [7, 11) is -1.50. The number of nitrogens with zero attached hydrogens (tertiary/aromatic N) is 2. The summed E-state index contributed by atoms with van der Waals surface area (Å²) in [6.07, 6.45) is 0. The van der Waals surface area contributed by atoms with Crippen molar-refractivity contribution < 1.29 is 10.0 Å². The largest absolute Gasteiger partial charge is 0.499 e. The van der Waals surface area contributed by atoms with Gasteiger partial charge in [0.05, 0.1) is 10.6 Å². The average Bonchev–Trinajstić information content (AvgIpc) is 2.89. The lowest BCUT2D eigenvalue weighted by Gasteiger charge is -2.12. The maximum Gasteiger partial charge on any atom is 0.499 e. The second-order valence-corrected chi connectivity index (χ2v) is 4.86. The van der Waals surface area contributed by atoms with Crippen molar-refractivity contribution in [1.29, 1.82) is 0 Å². The molecule has 1 heterocycles. The Morgan fingerprint density at radius 3 is 2.42 bits per heavy atom. The molecular formula is C11H13BN4O2S. The van der Waals surface area contributed by atoms with E-state index < -0.39 is 7.12 Å². The maximum absolute atomic E-state index is 9.03. The third-order valence-corrected chi connectivity index (χ3v) is 3.52. The Kier molecular flexibility index (Phi) is 4.18. The second-order valence-electron chi connectivity index (χ2n) is 3.74. The molecule has 1 aromatic heterocycles. The summed E-state index contributed by atoms with van der Waals surface area (Å²) in [5.74, 6) is 5.98. The zero-order chi connectivity index (χ0) is 13.8. The Bertz CT molecular complexity index is 573. The van der Waals surface area contributed by atoms with Crippen LogP contribution in [0.15, 0.2) is 47.6 Å². The van der Waals surface area contributed by atoms with E-state index >= 15 is 0 Å². The van der Waals surface area contributed by atoms with Gasteiger partial charge in [0.1, 0.15) is 0 Å². The third-order valence-electron chi connectivity index (χ3n) is 2.37. The fraction of sp³-hybridized carbons (Fsp3) is 0. The molecule has 0 atom stereocenters. The topological polar surface area (TPSA) is 108 Å². The minimum Gasteiger partial charge on any atom is -0.423 e. The molecule has 6 N–H and O–H groups in total. The average molecular weight is 276 g/mol. The second kappa shape index (κ2) is 5.85. The SMILES string of the molecule is N/C(=N\N(N)c1ccccc1)c1ccc(B(O)O)s1. The number of hydrazine groups is 1. The highest BCUT2D eigenvalue weighted by Gasteiger charge is 2.15. The standard InChI is InChI=1S/C11H13BN4O2S/c13-11(9-6-7-10(19-9)12(17)18)15-16(14)8-4-2-1-3-5-8/h1-7,17-18H,14H2,(H2,13,15). The van der Waals surface area contributed by atoms with E-state index in [1.54, 1.807) is 24.3 Å². The van der Waals surface area contributed by atoms with Gasteiger partial charge in [0.15, 0.2) is 5.84 Å². The quantitative estimate of drug-likeness (QED) is 0.197. The number of hydrogen-bond acceptors (Lipinski definition) is 6. The zero-order valence-electron chi connectivity index (χ0n) is 9.97. The predicted molar refractivity (Wildman–Crippen MR) is 78.0 cm³/mol. The number of benzene rings is 1. The Hall–Kier alpha value is -1.87. The first-order valence-electron chi connectivity index (χ1n) is 5.48. The summed E-state index contributed by atoms with van der Waals surface area (Å²) in [6.45, 7) is 0. The number of thiophene rings is 1. The van der Waals surface area contributed by atoms with Crippen molar-refractivity contribution in [2.75, 3.05) is 5.12 Å². The van der Waals surface area contributed by atoms with Gasteiger partial charge in [0.2, 0.25) is 0 Å². The Balaban J connectivity index is 2.18. The molecule has 0 amide bonds. The smallest absolute Gasteiger partial charge is 0.423 e. The van der Waals surface area contributed by atoms with Crippen LogP contribution in [0.3, 0.4) is 0 Å². The van der Waals surface area contributed by atoms with Crippen LogP contribution < -0.4 is 21.5 Å². The van der Waals surface area contributed by atoms with Gasteiger partial charge in [-0.1, -0.05) is 24.3 Å². The van der Waals surface area contributed by atoms with Crippen LogP contribution >= 0.6 is 11.3 Å². The van der Waals surface area contributed by atoms with Gasteiger partial charge in [0.25, 0.3) is 0 Å². The van der Waals surface area contributed by atoms with Crippen molar-refractivity contribution in [1.82, 2.24) is 0 Å². The monoisotopic (exact) mass is 276 g/mol. The van der Waals surface area contributed by atoms with Gasteiger partial charge >= 0.3 is 7.12 Å². The molecule has 0 aliphatic heterocycles. The molecular weight excluding hydrogens is 263 g/mol. The van der Waals surface area contributed by atoms with Gasteiger partial charge in [-0.2, -0.15) is 5.12 Å². The van der Waals surface area contributed by atoms with Crippen LogP contribution in [0.25, 0.3) is 0 Å². The fourth-order valence-corrected chi connectivity index (χ4v) is 2.21. The summed E-state index contributed by atoms with van der Waals surface area (Å²) in [6, 6.07) is 12.4. The molecule has 6 nitrogen and oxygen atoms in total. The number of rotatable bonds is 4. The fourth-order valence-electron chi connectivity index (χ4n) is 1.43. The minimum atomic E-state index is -1.50. The van der Waals surface area contributed by atoms with Crippen LogP contribution in [0.2, 0.25) is 0 Å². The summed E-state index contributed by atoms with van der Waals surface area (Å²) >= 11 is 1.15. The molecule has 0 aliphatic rings. The van der Waals surface area contributed by atoms with Gasteiger partial charge in [-0.15, -0.1) is 16.4 Å². The van der Waals surface area contributed by atoms with E-state index in [1.165, 1.54) is 5.12 Å². The summed E-state index contributed by atoms with van der Waals surface area (Å²) in [5.41, 5.74) is 6.52. The van der Waals surface area contributed by atoms with Crippen LogP contribution in [0, 0.1) is 0 Å². The van der Waals surface area contributed by atoms with Crippen molar-refractivity contribution >= 4 is 34.8 Å². The minimum absolute atomic E-state index is 0.211. The van der Waals surface area contributed by atoms with Crippen LogP contribution in [-0.4, -0.2) is 23.0 Å². The Labute approximate surface area is 114 Å². The van der Waals surface area contributed by atoms with Crippen LogP contribution in [0.1, 0.15) is 4.88 Å². The van der Waals surface area contributed by atoms with Crippen molar-refractivity contribution in [2.24, 2.45) is 16.7 Å². The number of anilines is 1. The molecule has 0 unspecified atom stereocenters. The van der Waals surface area contributed by atoms with E-state index in [0.29, 0.717) is 15.3 Å². The molecule has 98 valence electrons. The van der Waals surface area contributed by atoms with Gasteiger partial charge < -0.3 is 15.8 Å². The first-order chi connectivity index (χ1) is 9.08. The number of nitrogens with two attached hydrogens (primary N) is 2. The molecule has 0 saturated carbocycles. The summed E-state index contributed by atoms with van der Waals surface area (Å²) in [4.78, 5) is 0.620. The normalized spacial score (nSPS) is 11.4. The molecule has 0 radical (unpaired) electrons. The zero-order valence-corrected chi connectivity index (χ0v) is 10.8. The van der Waals surface area contributed by atoms with Gasteiger partial charge in [-0.25, -0.2) is 5.84 Å².